The number of Topliss-reactive ketones (excluding diaryl/α,β-unsaturated/α-hetero) is 1. The second-order valence-electron chi connectivity index (χ2n) is 8.84. The lowest BCUT2D eigenvalue weighted by molar-refractivity contribution is -0.864. The predicted molar refractivity (Wildman–Crippen MR) is 93.9 cm³/mol. The highest BCUT2D eigenvalue weighted by atomic mass is 16.4. The van der Waals surface area contributed by atoms with Gasteiger partial charge in [-0.05, 0) is 24.8 Å². The summed E-state index contributed by atoms with van der Waals surface area (Å²) in [6, 6.07) is -0.616. The van der Waals surface area contributed by atoms with Crippen LogP contribution in [0.1, 0.15) is 41.0 Å². The van der Waals surface area contributed by atoms with Crippen LogP contribution in [0.3, 0.4) is 0 Å². The van der Waals surface area contributed by atoms with Crippen molar-refractivity contribution in [1.82, 2.24) is 0 Å². The highest BCUT2D eigenvalue weighted by Gasteiger charge is 2.54. The normalized spacial score (nSPS) is 34.7. The van der Waals surface area contributed by atoms with E-state index in [1.54, 1.807) is 13.1 Å². The lowest BCUT2D eigenvalue weighted by Crippen LogP contribution is -3.14. The van der Waals surface area contributed by atoms with E-state index in [2.05, 4.69) is 13.8 Å². The third-order valence-electron chi connectivity index (χ3n) is 5.88. The van der Waals surface area contributed by atoms with Gasteiger partial charge in [0.15, 0.2) is 11.8 Å². The van der Waals surface area contributed by atoms with Crippen LogP contribution in [0.5, 0.6) is 0 Å². The molecule has 0 aromatic heterocycles. The van der Waals surface area contributed by atoms with Crippen molar-refractivity contribution in [3.8, 4) is 0 Å². The SMILES string of the molecule is CC(C)C(C(=O)O)[NH+]1C=C2C(=O)C3=CC(C)(C)CC3C(C)(O)C2=CC1. The lowest BCUT2D eigenvalue weighted by Gasteiger charge is -2.42. The van der Waals surface area contributed by atoms with E-state index in [1.165, 1.54) is 0 Å². The molecule has 3 rings (SSSR count). The quantitative estimate of drug-likeness (QED) is 0.715. The van der Waals surface area contributed by atoms with E-state index < -0.39 is 17.6 Å². The summed E-state index contributed by atoms with van der Waals surface area (Å²) in [6.45, 7) is 10.1. The number of aliphatic carboxylic acids is 1. The molecule has 0 bridgehead atoms. The van der Waals surface area contributed by atoms with Gasteiger partial charge in [-0.3, -0.25) is 9.69 Å². The summed E-state index contributed by atoms with van der Waals surface area (Å²) >= 11 is 0. The molecule has 4 unspecified atom stereocenters. The number of carboxylic acids is 1. The fraction of sp³-hybridized carbons (Fsp3) is 0.600. The average molecular weight is 346 g/mol. The van der Waals surface area contributed by atoms with Gasteiger partial charge in [-0.2, -0.15) is 0 Å². The Labute approximate surface area is 148 Å². The number of quaternary nitrogens is 1. The molecule has 2 aliphatic carbocycles. The number of allylic oxidation sites excluding steroid dienone is 1. The van der Waals surface area contributed by atoms with E-state index in [0.717, 1.165) is 11.3 Å². The number of rotatable bonds is 3. The minimum Gasteiger partial charge on any atom is -0.477 e. The number of aliphatic hydroxyl groups is 1. The van der Waals surface area contributed by atoms with Crippen molar-refractivity contribution in [2.24, 2.45) is 17.3 Å². The van der Waals surface area contributed by atoms with Crippen LogP contribution in [0.15, 0.2) is 35.1 Å². The van der Waals surface area contributed by atoms with Crippen LogP contribution in [0.25, 0.3) is 0 Å². The van der Waals surface area contributed by atoms with Crippen LogP contribution in [-0.4, -0.2) is 40.2 Å². The van der Waals surface area contributed by atoms with Crippen molar-refractivity contribution in [1.29, 1.82) is 0 Å². The van der Waals surface area contributed by atoms with Crippen molar-refractivity contribution >= 4 is 11.8 Å². The van der Waals surface area contributed by atoms with Gasteiger partial charge in [-0.15, -0.1) is 0 Å². The summed E-state index contributed by atoms with van der Waals surface area (Å²) in [7, 11) is 0. The van der Waals surface area contributed by atoms with Gasteiger partial charge in [-0.25, -0.2) is 4.79 Å². The summed E-state index contributed by atoms with van der Waals surface area (Å²) in [5, 5.41) is 20.8. The topological polar surface area (TPSA) is 79.0 Å². The van der Waals surface area contributed by atoms with Gasteiger partial charge < -0.3 is 10.2 Å². The molecule has 0 radical (unpaired) electrons. The van der Waals surface area contributed by atoms with Crippen LogP contribution in [-0.2, 0) is 9.59 Å². The molecule has 0 aromatic carbocycles. The van der Waals surface area contributed by atoms with Crippen molar-refractivity contribution in [2.45, 2.75) is 52.7 Å². The molecule has 0 spiro atoms. The van der Waals surface area contributed by atoms with E-state index in [4.69, 9.17) is 0 Å². The molecule has 0 aromatic rings. The molecule has 0 amide bonds. The smallest absolute Gasteiger partial charge is 0.363 e. The highest BCUT2D eigenvalue weighted by Crippen LogP contribution is 2.52. The second-order valence-corrected chi connectivity index (χ2v) is 8.84. The van der Waals surface area contributed by atoms with E-state index in [9.17, 15) is 19.8 Å². The molecule has 1 aliphatic heterocycles. The Hall–Kier alpha value is -1.72. The van der Waals surface area contributed by atoms with E-state index in [1.807, 2.05) is 26.0 Å². The molecule has 3 aliphatic rings. The molecular formula is C20H28NO4+. The van der Waals surface area contributed by atoms with Gasteiger partial charge in [0.1, 0.15) is 12.7 Å². The Bertz CT molecular complexity index is 724. The van der Waals surface area contributed by atoms with Gasteiger partial charge in [-0.1, -0.05) is 33.8 Å². The number of fused-ring (bicyclic) bond motifs is 2. The highest BCUT2D eigenvalue weighted by molar-refractivity contribution is 6.14. The molecule has 1 heterocycles. The zero-order valence-electron chi connectivity index (χ0n) is 15.6. The van der Waals surface area contributed by atoms with Gasteiger partial charge in [0.2, 0.25) is 0 Å². The molecule has 4 atom stereocenters. The molecule has 5 nitrogen and oxygen atoms in total. The standard InChI is InChI=1S/C20H27NO4/c1-11(2)16(18(23)24)21-7-6-14-13(10-21)17(22)12-8-19(3,4)9-15(12)20(14,5)25/h6,8,10-11,15-16,25H,7,9H2,1-5H3,(H,23,24)/p+1. The molecule has 1 fully saturated rings. The van der Waals surface area contributed by atoms with Crippen molar-refractivity contribution in [3.63, 3.8) is 0 Å². The van der Waals surface area contributed by atoms with Crippen LogP contribution >= 0.6 is 0 Å². The van der Waals surface area contributed by atoms with E-state index >= 15 is 0 Å². The number of carbonyl (C=O) groups is 2. The first-order valence-electron chi connectivity index (χ1n) is 8.97. The third-order valence-corrected chi connectivity index (χ3v) is 5.88. The van der Waals surface area contributed by atoms with Crippen LogP contribution in [0.4, 0.5) is 0 Å². The van der Waals surface area contributed by atoms with Crippen molar-refractivity contribution in [2.75, 3.05) is 6.54 Å². The number of hydrogen-bond donors (Lipinski definition) is 3. The predicted octanol–water partition coefficient (Wildman–Crippen LogP) is 1.11. The summed E-state index contributed by atoms with van der Waals surface area (Å²) in [4.78, 5) is 25.5. The summed E-state index contributed by atoms with van der Waals surface area (Å²) in [5.74, 6) is -1.18. The number of carbonyl (C=O) groups excluding carboxylic acids is 1. The maximum absolute atomic E-state index is 13.1. The summed E-state index contributed by atoms with van der Waals surface area (Å²) < 4.78 is 0. The largest absolute Gasteiger partial charge is 0.477 e. The van der Waals surface area contributed by atoms with Gasteiger partial charge in [0.25, 0.3) is 0 Å². The first kappa shape index (κ1) is 18.1. The Morgan fingerprint density at radius 2 is 1.96 bits per heavy atom. The van der Waals surface area contributed by atoms with E-state index in [0.29, 0.717) is 23.3 Å². The molecule has 136 valence electrons. The lowest BCUT2D eigenvalue weighted by atomic mass is 9.67. The maximum Gasteiger partial charge on any atom is 0.363 e. The minimum absolute atomic E-state index is 0.0570. The van der Waals surface area contributed by atoms with Crippen molar-refractivity contribution in [3.05, 3.63) is 35.1 Å². The second kappa shape index (κ2) is 5.64. The van der Waals surface area contributed by atoms with Gasteiger partial charge >= 0.3 is 5.97 Å². The zero-order chi connectivity index (χ0) is 18.7. The summed E-state index contributed by atoms with van der Waals surface area (Å²) in [5.41, 5.74) is 0.590. The number of hydrogen-bond acceptors (Lipinski definition) is 3. The average Bonchev–Trinajstić information content (AvgIpc) is 2.81. The maximum atomic E-state index is 13.1. The molecule has 25 heavy (non-hydrogen) atoms. The molecular weight excluding hydrogens is 318 g/mol. The van der Waals surface area contributed by atoms with Gasteiger partial charge in [0, 0.05) is 23.0 Å². The Morgan fingerprint density at radius 1 is 1.32 bits per heavy atom. The zero-order valence-corrected chi connectivity index (χ0v) is 15.6. The fourth-order valence-electron chi connectivity index (χ4n) is 4.69. The monoisotopic (exact) mass is 346 g/mol. The Kier molecular flexibility index (Phi) is 4.08. The van der Waals surface area contributed by atoms with Crippen LogP contribution in [0, 0.1) is 17.3 Å². The van der Waals surface area contributed by atoms with Crippen LogP contribution in [0.2, 0.25) is 0 Å². The first-order chi connectivity index (χ1) is 11.5. The molecule has 0 saturated heterocycles. The Morgan fingerprint density at radius 3 is 2.52 bits per heavy atom. The number of carboxylic acid groups (broad SMARTS) is 1. The first-order valence-corrected chi connectivity index (χ1v) is 8.97. The van der Waals surface area contributed by atoms with Gasteiger partial charge in [0.05, 0.1) is 11.2 Å². The molecule has 5 heteroatoms. The van der Waals surface area contributed by atoms with Crippen LogP contribution < -0.4 is 4.90 Å². The van der Waals surface area contributed by atoms with Crippen molar-refractivity contribution < 1.29 is 24.7 Å². The molecule has 3 N–H and O–H groups in total. The minimum atomic E-state index is -1.10. The Balaban J connectivity index is 2.05. The fourth-order valence-corrected chi connectivity index (χ4v) is 4.69. The number of nitrogens with one attached hydrogen (secondary N) is 1. The molecule has 1 saturated carbocycles. The number of ketones is 1. The summed E-state index contributed by atoms with van der Waals surface area (Å²) in [6.07, 6.45) is 6.32. The third kappa shape index (κ3) is 2.79. The van der Waals surface area contributed by atoms with E-state index in [-0.39, 0.29) is 23.0 Å².